The fraction of sp³-hybridized carbons (Fsp3) is 0.292. The minimum absolute atomic E-state index is 0.0453. The number of aromatic nitrogens is 6. The molecule has 0 aliphatic carbocycles. The first-order valence-electron chi connectivity index (χ1n) is 11.0. The van der Waals surface area contributed by atoms with Crippen molar-refractivity contribution in [2.24, 2.45) is 0 Å². The van der Waals surface area contributed by atoms with Crippen LogP contribution >= 0.6 is 0 Å². The van der Waals surface area contributed by atoms with E-state index in [-0.39, 0.29) is 18.1 Å². The topological polar surface area (TPSA) is 91.0 Å². The van der Waals surface area contributed by atoms with Crippen molar-refractivity contribution < 1.29 is 9.53 Å². The monoisotopic (exact) mass is 443 g/mol. The molecule has 3 heterocycles. The normalized spacial score (nSPS) is 18.4. The van der Waals surface area contributed by atoms with E-state index in [4.69, 9.17) is 4.74 Å². The number of carbonyl (C=O) groups excluding carboxylic acids is 1. The number of amides is 1. The Labute approximate surface area is 191 Å². The van der Waals surface area contributed by atoms with E-state index in [1.807, 2.05) is 49.1 Å². The van der Waals surface area contributed by atoms with Gasteiger partial charge in [-0.2, -0.15) is 30.0 Å². The summed E-state index contributed by atoms with van der Waals surface area (Å²) in [5.74, 6) is -0.0453. The van der Waals surface area contributed by atoms with Gasteiger partial charge >= 0.3 is 0 Å². The maximum Gasteiger partial charge on any atom is 0.256 e. The average molecular weight is 444 g/mol. The first kappa shape index (κ1) is 21.0. The molecule has 2 atom stereocenters. The summed E-state index contributed by atoms with van der Waals surface area (Å²) in [4.78, 5) is 18.9. The second kappa shape index (κ2) is 8.95. The van der Waals surface area contributed by atoms with Gasteiger partial charge in [0.25, 0.3) is 5.91 Å². The molecule has 1 amide bonds. The molecule has 0 unspecified atom stereocenters. The van der Waals surface area contributed by atoms with Crippen LogP contribution in [0.5, 0.6) is 0 Å². The van der Waals surface area contributed by atoms with Gasteiger partial charge in [-0.25, -0.2) is 0 Å². The molecular weight excluding hydrogens is 418 g/mol. The van der Waals surface area contributed by atoms with Crippen LogP contribution in [0.3, 0.4) is 0 Å². The summed E-state index contributed by atoms with van der Waals surface area (Å²) in [5.41, 5.74) is 4.19. The fourth-order valence-corrected chi connectivity index (χ4v) is 4.38. The van der Waals surface area contributed by atoms with Gasteiger partial charge in [0.15, 0.2) is 0 Å². The van der Waals surface area contributed by atoms with Crippen LogP contribution in [-0.4, -0.2) is 66.1 Å². The highest BCUT2D eigenvalue weighted by Crippen LogP contribution is 2.25. The van der Waals surface area contributed by atoms with E-state index in [2.05, 4.69) is 32.5 Å². The molecule has 9 heteroatoms. The zero-order valence-corrected chi connectivity index (χ0v) is 18.6. The highest BCUT2D eigenvalue weighted by Gasteiger charge is 2.34. The Kier molecular flexibility index (Phi) is 5.70. The number of benzene rings is 2. The Morgan fingerprint density at radius 2 is 1.70 bits per heavy atom. The van der Waals surface area contributed by atoms with E-state index < -0.39 is 0 Å². The third-order valence-electron chi connectivity index (χ3n) is 6.01. The summed E-state index contributed by atoms with van der Waals surface area (Å²) >= 11 is 0. The Morgan fingerprint density at radius 1 is 1.00 bits per heavy atom. The molecule has 1 saturated heterocycles. The summed E-state index contributed by atoms with van der Waals surface area (Å²) in [5, 5.41) is 17.0. The van der Waals surface area contributed by atoms with Gasteiger partial charge in [-0.05, 0) is 49.6 Å². The van der Waals surface area contributed by atoms with Crippen molar-refractivity contribution in [3.63, 3.8) is 0 Å². The number of nitrogens with zero attached hydrogens (tertiary/aromatic N) is 7. The first-order chi connectivity index (χ1) is 16.1. The molecule has 0 bridgehead atoms. The van der Waals surface area contributed by atoms with Crippen LogP contribution in [0.4, 0.5) is 0 Å². The molecule has 1 aliphatic rings. The molecule has 2 aromatic carbocycles. The van der Waals surface area contributed by atoms with E-state index >= 15 is 0 Å². The first-order valence-corrected chi connectivity index (χ1v) is 11.0. The molecule has 2 aromatic heterocycles. The summed E-state index contributed by atoms with van der Waals surface area (Å²) < 4.78 is 5.95. The lowest BCUT2D eigenvalue weighted by molar-refractivity contribution is -0.0496. The van der Waals surface area contributed by atoms with Gasteiger partial charge in [-0.3, -0.25) is 4.79 Å². The fourth-order valence-electron chi connectivity index (χ4n) is 4.38. The van der Waals surface area contributed by atoms with E-state index in [1.54, 1.807) is 29.6 Å². The molecular formula is C24H25N7O2. The van der Waals surface area contributed by atoms with Gasteiger partial charge in [0.1, 0.15) is 5.69 Å². The molecule has 1 fully saturated rings. The molecule has 168 valence electrons. The standard InChI is InChI=1S/C24H25N7O2/c1-17-5-3-8-21(23(17)31-27-11-12-28-31)24(32)29-13-14-33-18(2)22(29)16-19-6-4-7-20(15-19)30-25-9-10-26-30/h3-12,15,18,22H,13-14,16H2,1-2H3/t18-,22-/m1/s1. The van der Waals surface area contributed by atoms with Crippen LogP contribution in [-0.2, 0) is 11.2 Å². The van der Waals surface area contributed by atoms with Gasteiger partial charge in [-0.15, -0.1) is 0 Å². The lowest BCUT2D eigenvalue weighted by atomic mass is 9.97. The van der Waals surface area contributed by atoms with Crippen molar-refractivity contribution >= 4 is 5.91 Å². The van der Waals surface area contributed by atoms with Crippen molar-refractivity contribution in [1.82, 2.24) is 34.9 Å². The van der Waals surface area contributed by atoms with Gasteiger partial charge < -0.3 is 9.64 Å². The van der Waals surface area contributed by atoms with Crippen molar-refractivity contribution in [3.05, 3.63) is 83.9 Å². The number of hydrogen-bond acceptors (Lipinski definition) is 6. The zero-order chi connectivity index (χ0) is 22.8. The molecule has 0 spiro atoms. The Balaban J connectivity index is 1.47. The largest absolute Gasteiger partial charge is 0.375 e. The van der Waals surface area contributed by atoms with Gasteiger partial charge in [0.05, 0.1) is 54.8 Å². The predicted octanol–water partition coefficient (Wildman–Crippen LogP) is 2.63. The van der Waals surface area contributed by atoms with Crippen molar-refractivity contribution in [1.29, 1.82) is 0 Å². The second-order valence-corrected chi connectivity index (χ2v) is 8.12. The highest BCUT2D eigenvalue weighted by atomic mass is 16.5. The number of aryl methyl sites for hydroxylation is 1. The smallest absolute Gasteiger partial charge is 0.256 e. The van der Waals surface area contributed by atoms with Gasteiger partial charge in [-0.1, -0.05) is 24.3 Å². The molecule has 0 N–H and O–H groups in total. The third kappa shape index (κ3) is 4.14. The quantitative estimate of drug-likeness (QED) is 0.471. The van der Waals surface area contributed by atoms with E-state index in [1.165, 1.54) is 4.80 Å². The SMILES string of the molecule is Cc1cccc(C(=O)N2CCO[C@H](C)[C@H]2Cc2cccc(-n3nccn3)c2)c1-n1nccn1. The summed E-state index contributed by atoms with van der Waals surface area (Å²) in [6, 6.07) is 13.6. The third-order valence-corrected chi connectivity index (χ3v) is 6.01. The molecule has 4 aromatic rings. The van der Waals surface area contributed by atoms with Crippen LogP contribution in [0, 0.1) is 6.92 Å². The molecule has 1 aliphatic heterocycles. The van der Waals surface area contributed by atoms with Crippen LogP contribution in [0.25, 0.3) is 11.4 Å². The number of para-hydroxylation sites is 1. The summed E-state index contributed by atoms with van der Waals surface area (Å²) in [6.07, 6.45) is 7.08. The van der Waals surface area contributed by atoms with Crippen LogP contribution < -0.4 is 0 Å². The number of ether oxygens (including phenoxy) is 1. The number of rotatable bonds is 5. The van der Waals surface area contributed by atoms with E-state index in [0.29, 0.717) is 30.8 Å². The Morgan fingerprint density at radius 3 is 2.45 bits per heavy atom. The van der Waals surface area contributed by atoms with E-state index in [9.17, 15) is 4.79 Å². The van der Waals surface area contributed by atoms with Crippen LogP contribution in [0.15, 0.2) is 67.3 Å². The van der Waals surface area contributed by atoms with Gasteiger partial charge in [0.2, 0.25) is 0 Å². The van der Waals surface area contributed by atoms with E-state index in [0.717, 1.165) is 16.8 Å². The lowest BCUT2D eigenvalue weighted by Crippen LogP contribution is -2.54. The highest BCUT2D eigenvalue weighted by molar-refractivity contribution is 5.98. The van der Waals surface area contributed by atoms with Crippen LogP contribution in [0.1, 0.15) is 28.4 Å². The summed E-state index contributed by atoms with van der Waals surface area (Å²) in [6.45, 7) is 5.01. The predicted molar refractivity (Wildman–Crippen MR) is 121 cm³/mol. The zero-order valence-electron chi connectivity index (χ0n) is 18.6. The average Bonchev–Trinajstić information content (AvgIpc) is 3.55. The van der Waals surface area contributed by atoms with Crippen molar-refractivity contribution in [2.45, 2.75) is 32.4 Å². The number of carbonyl (C=O) groups is 1. The van der Waals surface area contributed by atoms with Crippen molar-refractivity contribution in [2.75, 3.05) is 13.2 Å². The Bertz CT molecular complexity index is 1240. The Hall–Kier alpha value is -3.85. The van der Waals surface area contributed by atoms with Crippen LogP contribution in [0.2, 0.25) is 0 Å². The maximum absolute atomic E-state index is 13.8. The molecule has 0 radical (unpaired) electrons. The molecule has 0 saturated carbocycles. The molecule has 33 heavy (non-hydrogen) atoms. The number of morpholine rings is 1. The lowest BCUT2D eigenvalue weighted by Gasteiger charge is -2.40. The minimum Gasteiger partial charge on any atom is -0.375 e. The molecule has 9 nitrogen and oxygen atoms in total. The number of hydrogen-bond donors (Lipinski definition) is 0. The van der Waals surface area contributed by atoms with Crippen molar-refractivity contribution in [3.8, 4) is 11.4 Å². The minimum atomic E-state index is -0.119. The second-order valence-electron chi connectivity index (χ2n) is 8.12. The maximum atomic E-state index is 13.8. The summed E-state index contributed by atoms with van der Waals surface area (Å²) in [7, 11) is 0. The molecule has 5 rings (SSSR count). The van der Waals surface area contributed by atoms with Gasteiger partial charge in [0, 0.05) is 6.54 Å².